The quantitative estimate of drug-likeness (QED) is 0.0428. The van der Waals surface area contributed by atoms with Gasteiger partial charge in [-0.05, 0) is 32.1 Å². The van der Waals surface area contributed by atoms with E-state index >= 15 is 0 Å². The molecule has 14 nitrogen and oxygen atoms in total. The van der Waals surface area contributed by atoms with E-state index in [9.17, 15) is 40.5 Å². The van der Waals surface area contributed by atoms with Crippen molar-refractivity contribution in [2.75, 3.05) is 33.0 Å². The van der Waals surface area contributed by atoms with Crippen LogP contribution in [-0.4, -0.2) is 142 Å². The highest BCUT2D eigenvalue weighted by molar-refractivity contribution is 5.69. The molecule has 0 bridgehead atoms. The van der Waals surface area contributed by atoms with Crippen LogP contribution in [0.3, 0.4) is 0 Å². The van der Waals surface area contributed by atoms with Crippen molar-refractivity contribution in [1.82, 2.24) is 0 Å². The predicted octanol–water partition coefficient (Wildman–Crippen LogP) is 0.833. The molecule has 0 aromatic rings. The zero-order chi connectivity index (χ0) is 34.6. The molecule has 2 aliphatic heterocycles. The monoisotopic (exact) mass is 680 g/mol. The fourth-order valence-corrected chi connectivity index (χ4v) is 5.26. The molecule has 47 heavy (non-hydrogen) atoms. The van der Waals surface area contributed by atoms with E-state index in [0.717, 1.165) is 38.5 Å². The molecule has 0 spiro atoms. The second-order valence-electron chi connectivity index (χ2n) is 12.3. The number of carbonyl (C=O) groups is 1. The molecule has 11 atom stereocenters. The Labute approximate surface area is 278 Å². The van der Waals surface area contributed by atoms with Gasteiger partial charge >= 0.3 is 5.97 Å². The van der Waals surface area contributed by atoms with Gasteiger partial charge in [-0.1, -0.05) is 64.5 Å². The maximum atomic E-state index is 12.4. The number of unbranched alkanes of at least 4 members (excludes halogenated alkanes) is 8. The average molecular weight is 681 g/mol. The number of esters is 1. The first-order chi connectivity index (χ1) is 22.6. The first-order valence-corrected chi connectivity index (χ1v) is 17.3. The smallest absolute Gasteiger partial charge is 0.306 e. The molecule has 0 aliphatic carbocycles. The summed E-state index contributed by atoms with van der Waals surface area (Å²) in [5.41, 5.74) is 0. The van der Waals surface area contributed by atoms with Gasteiger partial charge < -0.3 is 64.2 Å². The maximum absolute atomic E-state index is 12.4. The molecule has 2 saturated heterocycles. The summed E-state index contributed by atoms with van der Waals surface area (Å²) in [5, 5.41) is 71.0. The van der Waals surface area contributed by atoms with Crippen LogP contribution >= 0.6 is 0 Å². The normalized spacial score (nSPS) is 32.1. The van der Waals surface area contributed by atoms with E-state index < -0.39 is 86.7 Å². The minimum atomic E-state index is -1.70. The van der Waals surface area contributed by atoms with Crippen molar-refractivity contribution in [2.45, 2.75) is 158 Å². The molecule has 7 N–H and O–H groups in total. The summed E-state index contributed by atoms with van der Waals surface area (Å²) < 4.78 is 33.5. The highest BCUT2D eigenvalue weighted by atomic mass is 16.7. The summed E-state index contributed by atoms with van der Waals surface area (Å²) in [5.74, 6) is -0.417. The topological polar surface area (TPSA) is 214 Å². The minimum Gasteiger partial charge on any atom is -0.457 e. The van der Waals surface area contributed by atoms with Crippen LogP contribution in [0.5, 0.6) is 0 Å². The Bertz CT molecular complexity index is 844. The van der Waals surface area contributed by atoms with E-state index in [0.29, 0.717) is 13.0 Å². The van der Waals surface area contributed by atoms with Gasteiger partial charge in [-0.25, -0.2) is 0 Å². The molecule has 0 amide bonds. The zero-order valence-corrected chi connectivity index (χ0v) is 28.0. The Balaban J connectivity index is 1.82. The molecule has 0 saturated carbocycles. The van der Waals surface area contributed by atoms with Crippen molar-refractivity contribution in [2.24, 2.45) is 0 Å². The number of allylic oxidation sites excluding steroid dienone is 2. The van der Waals surface area contributed by atoms with Crippen molar-refractivity contribution in [3.05, 3.63) is 12.2 Å². The van der Waals surface area contributed by atoms with Crippen molar-refractivity contribution in [3.8, 4) is 0 Å². The van der Waals surface area contributed by atoms with Gasteiger partial charge in [0.05, 0.1) is 26.4 Å². The lowest BCUT2D eigenvalue weighted by atomic mass is 9.98. The largest absolute Gasteiger partial charge is 0.457 e. The SMILES string of the molecule is CCC/C=C\CCCCCCCCOCC(COC1OC(COC2OC(CO)C(O)C(O)C2O)C(O)C(O)C1O)OC(=O)CCCC. The third-order valence-corrected chi connectivity index (χ3v) is 8.26. The Morgan fingerprint density at radius 3 is 1.94 bits per heavy atom. The van der Waals surface area contributed by atoms with Gasteiger partial charge in [0.25, 0.3) is 0 Å². The fraction of sp³-hybridized carbons (Fsp3) is 0.909. The molecule has 2 fully saturated rings. The Kier molecular flexibility index (Phi) is 21.4. The van der Waals surface area contributed by atoms with Gasteiger partial charge in [0.2, 0.25) is 0 Å². The van der Waals surface area contributed by atoms with Crippen LogP contribution in [0.25, 0.3) is 0 Å². The van der Waals surface area contributed by atoms with Crippen LogP contribution in [0.4, 0.5) is 0 Å². The first kappa shape index (κ1) is 41.9. The van der Waals surface area contributed by atoms with Gasteiger partial charge in [0.15, 0.2) is 12.6 Å². The number of ether oxygens (including phenoxy) is 6. The molecule has 2 heterocycles. The first-order valence-electron chi connectivity index (χ1n) is 17.3. The molecule has 276 valence electrons. The Hall–Kier alpha value is -1.27. The highest BCUT2D eigenvalue weighted by Crippen LogP contribution is 2.26. The Morgan fingerprint density at radius 1 is 0.681 bits per heavy atom. The van der Waals surface area contributed by atoms with Gasteiger partial charge in [0, 0.05) is 13.0 Å². The lowest BCUT2D eigenvalue weighted by Crippen LogP contribution is -2.61. The van der Waals surface area contributed by atoms with Gasteiger partial charge in [-0.2, -0.15) is 0 Å². The molecule has 0 radical (unpaired) electrons. The highest BCUT2D eigenvalue weighted by Gasteiger charge is 2.47. The van der Waals surface area contributed by atoms with Crippen molar-refractivity contribution >= 4 is 5.97 Å². The third-order valence-electron chi connectivity index (χ3n) is 8.26. The predicted molar refractivity (Wildman–Crippen MR) is 169 cm³/mol. The molecule has 0 aromatic heterocycles. The summed E-state index contributed by atoms with van der Waals surface area (Å²) in [4.78, 5) is 12.4. The van der Waals surface area contributed by atoms with Crippen molar-refractivity contribution < 1.29 is 69.0 Å². The number of rotatable bonds is 24. The van der Waals surface area contributed by atoms with Gasteiger partial charge in [0.1, 0.15) is 54.9 Å². The molecule has 2 rings (SSSR count). The summed E-state index contributed by atoms with van der Waals surface area (Å²) >= 11 is 0. The Morgan fingerprint density at radius 2 is 1.28 bits per heavy atom. The van der Waals surface area contributed by atoms with Gasteiger partial charge in [-0.3, -0.25) is 4.79 Å². The second kappa shape index (κ2) is 24.0. The molecule has 2 aliphatic rings. The molecule has 0 aromatic carbocycles. The standard InChI is InChI=1S/C33H60O14/c1-3-5-7-8-9-10-11-12-13-14-15-17-42-19-22(45-25(35)16-6-4-2)20-43-32-31(41)29(39)27(37)24(47-32)21-44-33-30(40)28(38)26(36)23(18-34)46-33/h7-8,22-24,26-34,36-41H,3-6,9-21H2,1-2H3/b8-7-. The van der Waals surface area contributed by atoms with Crippen molar-refractivity contribution in [3.63, 3.8) is 0 Å². The van der Waals surface area contributed by atoms with Crippen LogP contribution in [0.1, 0.15) is 90.9 Å². The number of hydrogen-bond donors (Lipinski definition) is 7. The number of hydrogen-bond acceptors (Lipinski definition) is 14. The summed E-state index contributed by atoms with van der Waals surface area (Å²) in [6.45, 7) is 3.30. The van der Waals surface area contributed by atoms with E-state index in [2.05, 4.69) is 19.1 Å². The van der Waals surface area contributed by atoms with E-state index in [1.54, 1.807) is 0 Å². The van der Waals surface area contributed by atoms with Crippen LogP contribution < -0.4 is 0 Å². The summed E-state index contributed by atoms with van der Waals surface area (Å²) in [6.07, 6.45) is 0.104. The number of aliphatic hydroxyl groups excluding tert-OH is 7. The minimum absolute atomic E-state index is 0.0552. The molecular formula is C33H60O14. The summed E-state index contributed by atoms with van der Waals surface area (Å²) in [7, 11) is 0. The number of aliphatic hydroxyl groups is 7. The van der Waals surface area contributed by atoms with Crippen LogP contribution in [0.15, 0.2) is 12.2 Å². The average Bonchev–Trinajstić information content (AvgIpc) is 3.07. The van der Waals surface area contributed by atoms with Crippen LogP contribution in [-0.2, 0) is 33.2 Å². The van der Waals surface area contributed by atoms with E-state index in [1.807, 2.05) is 6.92 Å². The van der Waals surface area contributed by atoms with E-state index in [4.69, 9.17) is 28.4 Å². The van der Waals surface area contributed by atoms with E-state index in [-0.39, 0.29) is 19.6 Å². The van der Waals surface area contributed by atoms with Crippen molar-refractivity contribution in [1.29, 1.82) is 0 Å². The molecule has 14 heteroatoms. The fourth-order valence-electron chi connectivity index (χ4n) is 5.26. The zero-order valence-electron chi connectivity index (χ0n) is 28.0. The van der Waals surface area contributed by atoms with Crippen LogP contribution in [0, 0.1) is 0 Å². The van der Waals surface area contributed by atoms with Gasteiger partial charge in [-0.15, -0.1) is 0 Å². The third kappa shape index (κ3) is 15.0. The second-order valence-corrected chi connectivity index (χ2v) is 12.3. The van der Waals surface area contributed by atoms with E-state index in [1.165, 1.54) is 25.7 Å². The molecule has 11 unspecified atom stereocenters. The number of carbonyl (C=O) groups excluding carboxylic acids is 1. The van der Waals surface area contributed by atoms with Crippen LogP contribution in [0.2, 0.25) is 0 Å². The summed E-state index contributed by atoms with van der Waals surface area (Å²) in [6, 6.07) is 0. The lowest BCUT2D eigenvalue weighted by molar-refractivity contribution is -0.332. The molecular weight excluding hydrogens is 620 g/mol. The lowest BCUT2D eigenvalue weighted by Gasteiger charge is -2.42. The maximum Gasteiger partial charge on any atom is 0.306 e.